The largest absolute Gasteiger partial charge is 0.390 e. The summed E-state index contributed by atoms with van der Waals surface area (Å²) in [5.41, 5.74) is 8.31. The Morgan fingerprint density at radius 3 is 2.33 bits per heavy atom. The van der Waals surface area contributed by atoms with Crippen molar-refractivity contribution >= 4 is 11.6 Å². The predicted molar refractivity (Wildman–Crippen MR) is 87.3 cm³/mol. The summed E-state index contributed by atoms with van der Waals surface area (Å²) in [6.45, 7) is 1.16. The van der Waals surface area contributed by atoms with E-state index in [1.807, 2.05) is 54.6 Å². The Balaban J connectivity index is 1.73. The molecule has 0 saturated carbocycles. The minimum atomic E-state index is -0.572. The van der Waals surface area contributed by atoms with Gasteiger partial charge in [-0.25, -0.2) is 0 Å². The van der Waals surface area contributed by atoms with Gasteiger partial charge in [0.2, 0.25) is 0 Å². The molecule has 21 heavy (non-hydrogen) atoms. The molecule has 0 aliphatic rings. The van der Waals surface area contributed by atoms with E-state index in [0.29, 0.717) is 19.5 Å². The number of nitrogens with one attached hydrogen (secondary N) is 1. The van der Waals surface area contributed by atoms with Crippen molar-refractivity contribution in [1.82, 2.24) is 5.32 Å². The number of hydrogen-bond donors (Lipinski definition) is 3. The van der Waals surface area contributed by atoms with Gasteiger partial charge in [-0.3, -0.25) is 0 Å². The molecule has 0 unspecified atom stereocenters. The second-order valence-electron chi connectivity index (χ2n) is 5.18. The molecular weight excluding hydrogens is 284 g/mol. The van der Waals surface area contributed by atoms with E-state index in [9.17, 15) is 5.11 Å². The lowest BCUT2D eigenvalue weighted by molar-refractivity contribution is 0.141. The lowest BCUT2D eigenvalue weighted by atomic mass is 10.0. The molecule has 2 aromatic carbocycles. The van der Waals surface area contributed by atoms with E-state index in [4.69, 9.17) is 17.3 Å². The first kappa shape index (κ1) is 16.0. The highest BCUT2D eigenvalue weighted by Gasteiger charge is 2.14. The maximum Gasteiger partial charge on any atom is 0.0818 e. The highest BCUT2D eigenvalue weighted by molar-refractivity contribution is 6.30. The third-order valence-electron chi connectivity index (χ3n) is 3.40. The van der Waals surface area contributed by atoms with Gasteiger partial charge in [-0.2, -0.15) is 0 Å². The molecule has 112 valence electrons. The van der Waals surface area contributed by atoms with Gasteiger partial charge in [-0.15, -0.1) is 0 Å². The summed E-state index contributed by atoms with van der Waals surface area (Å²) in [5.74, 6) is 0. The molecule has 2 rings (SSSR count). The van der Waals surface area contributed by atoms with E-state index < -0.39 is 6.10 Å². The maximum atomic E-state index is 10.1. The van der Waals surface area contributed by atoms with Crippen LogP contribution in [-0.4, -0.2) is 23.8 Å². The molecule has 0 aliphatic heterocycles. The van der Waals surface area contributed by atoms with Crippen LogP contribution in [0, 0.1) is 0 Å². The number of rotatable bonds is 7. The molecule has 2 aromatic rings. The summed E-state index contributed by atoms with van der Waals surface area (Å²) in [5, 5.41) is 14.0. The molecule has 4 N–H and O–H groups in total. The molecule has 0 fully saturated rings. The summed E-state index contributed by atoms with van der Waals surface area (Å²) < 4.78 is 0. The summed E-state index contributed by atoms with van der Waals surface area (Å²) >= 11 is 5.84. The number of nitrogens with two attached hydrogens (primary N) is 1. The Bertz CT molecular complexity index is 530. The molecule has 0 heterocycles. The molecule has 0 spiro atoms. The monoisotopic (exact) mass is 304 g/mol. The van der Waals surface area contributed by atoms with Crippen molar-refractivity contribution < 1.29 is 5.11 Å². The molecule has 0 bridgehead atoms. The molecule has 2 atom stereocenters. The zero-order valence-electron chi connectivity index (χ0n) is 11.9. The quantitative estimate of drug-likeness (QED) is 0.736. The van der Waals surface area contributed by atoms with E-state index in [-0.39, 0.29) is 6.04 Å². The van der Waals surface area contributed by atoms with Crippen LogP contribution >= 0.6 is 11.6 Å². The second-order valence-corrected chi connectivity index (χ2v) is 5.61. The fraction of sp³-hybridized carbons (Fsp3) is 0.294. The van der Waals surface area contributed by atoms with Gasteiger partial charge in [0, 0.05) is 24.2 Å². The summed E-state index contributed by atoms with van der Waals surface area (Å²) in [7, 11) is 0. The average Bonchev–Trinajstić information content (AvgIpc) is 2.50. The van der Waals surface area contributed by atoms with Crippen LogP contribution in [0.4, 0.5) is 0 Å². The second kappa shape index (κ2) is 8.15. The third kappa shape index (κ3) is 5.48. The van der Waals surface area contributed by atoms with Crippen molar-refractivity contribution in [1.29, 1.82) is 0 Å². The number of hydrogen-bond acceptors (Lipinski definition) is 3. The third-order valence-corrected chi connectivity index (χ3v) is 3.66. The van der Waals surface area contributed by atoms with Crippen LogP contribution in [0.3, 0.4) is 0 Å². The summed E-state index contributed by atoms with van der Waals surface area (Å²) in [6.07, 6.45) is 0.0995. The van der Waals surface area contributed by atoms with Crippen molar-refractivity contribution in [3.8, 4) is 0 Å². The average molecular weight is 305 g/mol. The predicted octanol–water partition coefficient (Wildman–Crippen LogP) is 2.36. The van der Waals surface area contributed by atoms with E-state index in [1.54, 1.807) is 0 Å². The highest BCUT2D eigenvalue weighted by atomic mass is 35.5. The van der Waals surface area contributed by atoms with Crippen molar-refractivity contribution in [3.05, 3.63) is 70.7 Å². The molecule has 4 heteroatoms. The van der Waals surface area contributed by atoms with Gasteiger partial charge in [0.1, 0.15) is 0 Å². The van der Waals surface area contributed by atoms with Gasteiger partial charge in [0.15, 0.2) is 0 Å². The van der Waals surface area contributed by atoms with Crippen LogP contribution in [0.15, 0.2) is 54.6 Å². The maximum absolute atomic E-state index is 10.1. The van der Waals surface area contributed by atoms with Crippen molar-refractivity contribution in [2.24, 2.45) is 5.73 Å². The molecule has 0 aromatic heterocycles. The summed E-state index contributed by atoms with van der Waals surface area (Å²) in [4.78, 5) is 0. The zero-order valence-corrected chi connectivity index (χ0v) is 12.6. The van der Waals surface area contributed by atoms with Crippen molar-refractivity contribution in [2.75, 3.05) is 6.54 Å². The molecule has 0 saturated heterocycles. The first-order chi connectivity index (χ1) is 10.1. The fourth-order valence-electron chi connectivity index (χ4n) is 2.14. The Kier molecular flexibility index (Phi) is 6.21. The standard InChI is InChI=1S/C17H21ClN2O/c18-15-8-6-14(7-9-15)11-20-12-17(21)16(19)10-13-4-2-1-3-5-13/h1-9,16-17,20-21H,10-12,19H2/t16-,17+/m0/s1. The van der Waals surface area contributed by atoms with Gasteiger partial charge in [-0.05, 0) is 29.7 Å². The lowest BCUT2D eigenvalue weighted by Gasteiger charge is -2.19. The smallest absolute Gasteiger partial charge is 0.0818 e. The van der Waals surface area contributed by atoms with E-state index in [2.05, 4.69) is 5.32 Å². The fourth-order valence-corrected chi connectivity index (χ4v) is 2.27. The van der Waals surface area contributed by atoms with E-state index in [0.717, 1.165) is 16.1 Å². The lowest BCUT2D eigenvalue weighted by Crippen LogP contribution is -2.42. The minimum absolute atomic E-state index is 0.273. The van der Waals surface area contributed by atoms with Crippen LogP contribution in [-0.2, 0) is 13.0 Å². The Hall–Kier alpha value is -1.39. The number of benzene rings is 2. The normalized spacial score (nSPS) is 13.9. The first-order valence-corrected chi connectivity index (χ1v) is 7.45. The van der Waals surface area contributed by atoms with Gasteiger partial charge in [0.05, 0.1) is 6.10 Å². The Morgan fingerprint density at radius 1 is 1.00 bits per heavy atom. The molecule has 0 amide bonds. The molecule has 3 nitrogen and oxygen atoms in total. The van der Waals surface area contributed by atoms with Crippen molar-refractivity contribution in [2.45, 2.75) is 25.1 Å². The topological polar surface area (TPSA) is 58.3 Å². The number of halogens is 1. The zero-order chi connectivity index (χ0) is 15.1. The Labute approximate surface area is 130 Å². The van der Waals surface area contributed by atoms with Gasteiger partial charge >= 0.3 is 0 Å². The first-order valence-electron chi connectivity index (χ1n) is 7.08. The van der Waals surface area contributed by atoms with Gasteiger partial charge in [-0.1, -0.05) is 54.1 Å². The highest BCUT2D eigenvalue weighted by Crippen LogP contribution is 2.09. The number of aliphatic hydroxyl groups excluding tert-OH is 1. The van der Waals surface area contributed by atoms with Crippen molar-refractivity contribution in [3.63, 3.8) is 0 Å². The summed E-state index contributed by atoms with van der Waals surface area (Å²) in [6, 6.07) is 17.3. The SMILES string of the molecule is N[C@@H](Cc1ccccc1)[C@H](O)CNCc1ccc(Cl)cc1. The van der Waals surface area contributed by atoms with Crippen LogP contribution < -0.4 is 11.1 Å². The van der Waals surface area contributed by atoms with Crippen LogP contribution in [0.5, 0.6) is 0 Å². The van der Waals surface area contributed by atoms with Crippen LogP contribution in [0.25, 0.3) is 0 Å². The van der Waals surface area contributed by atoms with Crippen LogP contribution in [0.1, 0.15) is 11.1 Å². The Morgan fingerprint density at radius 2 is 1.67 bits per heavy atom. The van der Waals surface area contributed by atoms with Gasteiger partial charge < -0.3 is 16.2 Å². The molecule has 0 aliphatic carbocycles. The van der Waals surface area contributed by atoms with Gasteiger partial charge in [0.25, 0.3) is 0 Å². The molecular formula is C17H21ClN2O. The number of aliphatic hydroxyl groups is 1. The molecule has 0 radical (unpaired) electrons. The van der Waals surface area contributed by atoms with E-state index >= 15 is 0 Å². The van der Waals surface area contributed by atoms with E-state index in [1.165, 1.54) is 0 Å². The van der Waals surface area contributed by atoms with Crippen LogP contribution in [0.2, 0.25) is 5.02 Å². The minimum Gasteiger partial charge on any atom is -0.390 e.